The molecular formula is C19H14ClFN2O3. The molecule has 26 heavy (non-hydrogen) atoms. The summed E-state index contributed by atoms with van der Waals surface area (Å²) in [6.07, 6.45) is 0.139. The minimum atomic E-state index is -1.20. The second-order valence-electron chi connectivity index (χ2n) is 5.38. The Hall–Kier alpha value is -3.12. The van der Waals surface area contributed by atoms with Crippen molar-refractivity contribution in [3.05, 3.63) is 89.1 Å². The van der Waals surface area contributed by atoms with Crippen molar-refractivity contribution in [3.63, 3.8) is 0 Å². The van der Waals surface area contributed by atoms with Crippen LogP contribution in [0.4, 0.5) is 10.1 Å². The molecule has 0 radical (unpaired) electrons. The Morgan fingerprint density at radius 1 is 1.00 bits per heavy atom. The highest BCUT2D eigenvalue weighted by atomic mass is 35.5. The van der Waals surface area contributed by atoms with Gasteiger partial charge in [0, 0.05) is 10.6 Å². The zero-order valence-corrected chi connectivity index (χ0v) is 14.2. The van der Waals surface area contributed by atoms with Crippen LogP contribution in [0.15, 0.2) is 71.3 Å². The number of amides is 1. The molecule has 0 aliphatic heterocycles. The molecule has 2 N–H and O–H groups in total. The molecule has 1 atom stereocenters. The topological polar surface area (TPSA) is 71.3 Å². The number of anilines is 1. The van der Waals surface area contributed by atoms with Gasteiger partial charge in [-0.25, -0.2) is 4.39 Å². The van der Waals surface area contributed by atoms with Gasteiger partial charge in [0.15, 0.2) is 11.9 Å². The van der Waals surface area contributed by atoms with E-state index in [4.69, 9.17) is 16.0 Å². The number of ketones is 1. The number of halogens is 2. The maximum atomic E-state index is 14.0. The number of nitrogens with one attached hydrogen (secondary N) is 2. The first-order valence-electron chi connectivity index (χ1n) is 7.70. The van der Waals surface area contributed by atoms with Crippen LogP contribution in [0.2, 0.25) is 5.02 Å². The van der Waals surface area contributed by atoms with E-state index in [0.29, 0.717) is 10.6 Å². The third-order valence-corrected chi connectivity index (χ3v) is 3.84. The smallest absolute Gasteiger partial charge is 0.288 e. The van der Waals surface area contributed by atoms with Gasteiger partial charge in [-0.05, 0) is 48.5 Å². The summed E-state index contributed by atoms with van der Waals surface area (Å²) in [6, 6.07) is 15.0. The summed E-state index contributed by atoms with van der Waals surface area (Å²) in [4.78, 5) is 25.1. The number of hydrogen-bond acceptors (Lipinski definition) is 4. The molecule has 0 fully saturated rings. The summed E-state index contributed by atoms with van der Waals surface area (Å²) in [5.74, 6) is -1.57. The number of carbonyl (C=O) groups is 2. The third kappa shape index (κ3) is 4.10. The molecule has 0 spiro atoms. The predicted molar refractivity (Wildman–Crippen MR) is 95.8 cm³/mol. The minimum absolute atomic E-state index is 0.0363. The molecule has 7 heteroatoms. The lowest BCUT2D eigenvalue weighted by molar-refractivity contribution is 0.0852. The molecule has 0 aliphatic carbocycles. The Bertz CT molecular complexity index is 911. The van der Waals surface area contributed by atoms with E-state index in [1.807, 2.05) is 0 Å². The fourth-order valence-corrected chi connectivity index (χ4v) is 2.42. The van der Waals surface area contributed by atoms with E-state index >= 15 is 0 Å². The predicted octanol–water partition coefficient (Wildman–Crippen LogP) is 4.12. The van der Waals surface area contributed by atoms with Gasteiger partial charge >= 0.3 is 0 Å². The highest BCUT2D eigenvalue weighted by molar-refractivity contribution is 6.30. The first-order chi connectivity index (χ1) is 12.5. The van der Waals surface area contributed by atoms with E-state index in [2.05, 4.69) is 10.6 Å². The molecule has 2 aromatic carbocycles. The second-order valence-corrected chi connectivity index (χ2v) is 5.82. The van der Waals surface area contributed by atoms with Gasteiger partial charge in [0.2, 0.25) is 5.78 Å². The lowest BCUT2D eigenvalue weighted by Gasteiger charge is -2.20. The number of carbonyl (C=O) groups excluding carboxylic acids is 2. The Kier molecular flexibility index (Phi) is 5.34. The Labute approximate surface area is 153 Å². The van der Waals surface area contributed by atoms with Crippen molar-refractivity contribution in [1.29, 1.82) is 0 Å². The minimum Gasteiger partial charge on any atom is -0.459 e. The van der Waals surface area contributed by atoms with Crippen molar-refractivity contribution in [3.8, 4) is 0 Å². The van der Waals surface area contributed by atoms with Gasteiger partial charge in [-0.15, -0.1) is 0 Å². The molecule has 1 amide bonds. The van der Waals surface area contributed by atoms with Gasteiger partial charge < -0.3 is 15.1 Å². The van der Waals surface area contributed by atoms with E-state index in [1.54, 1.807) is 24.3 Å². The van der Waals surface area contributed by atoms with Crippen LogP contribution < -0.4 is 10.6 Å². The maximum absolute atomic E-state index is 14.0. The first kappa shape index (κ1) is 17.7. The molecule has 3 aromatic rings. The number of benzene rings is 2. The molecule has 0 aliphatic rings. The van der Waals surface area contributed by atoms with Crippen molar-refractivity contribution < 1.29 is 18.4 Å². The van der Waals surface area contributed by atoms with Gasteiger partial charge in [-0.3, -0.25) is 9.59 Å². The van der Waals surface area contributed by atoms with Crippen LogP contribution in [-0.2, 0) is 0 Å². The zero-order chi connectivity index (χ0) is 18.5. The van der Waals surface area contributed by atoms with Crippen LogP contribution in [-0.4, -0.2) is 17.9 Å². The number of para-hydroxylation sites is 1. The first-order valence-corrected chi connectivity index (χ1v) is 8.07. The normalized spacial score (nSPS) is 11.6. The van der Waals surface area contributed by atoms with Crippen molar-refractivity contribution in [1.82, 2.24) is 5.32 Å². The van der Waals surface area contributed by atoms with Crippen LogP contribution in [0, 0.1) is 5.82 Å². The average molecular weight is 373 g/mol. The van der Waals surface area contributed by atoms with E-state index in [1.165, 1.54) is 42.7 Å². The van der Waals surface area contributed by atoms with Crippen LogP contribution in [0.5, 0.6) is 0 Å². The van der Waals surface area contributed by atoms with Crippen molar-refractivity contribution in [2.75, 3.05) is 5.32 Å². The molecule has 5 nitrogen and oxygen atoms in total. The summed E-state index contributed by atoms with van der Waals surface area (Å²) in [5, 5.41) is 5.71. The monoisotopic (exact) mass is 372 g/mol. The van der Waals surface area contributed by atoms with E-state index in [0.717, 1.165) is 0 Å². The molecule has 132 valence electrons. The van der Waals surface area contributed by atoms with Gasteiger partial charge in [0.25, 0.3) is 5.91 Å². The molecule has 0 bridgehead atoms. The number of hydrogen-bond donors (Lipinski definition) is 2. The highest BCUT2D eigenvalue weighted by Crippen LogP contribution is 2.16. The van der Waals surface area contributed by atoms with E-state index in [-0.39, 0.29) is 11.4 Å². The van der Waals surface area contributed by atoms with Crippen molar-refractivity contribution >= 4 is 29.0 Å². The molecule has 3 rings (SSSR count). The largest absolute Gasteiger partial charge is 0.459 e. The molecule has 1 unspecified atom stereocenters. The van der Waals surface area contributed by atoms with Gasteiger partial charge in [-0.2, -0.15) is 0 Å². The fourth-order valence-electron chi connectivity index (χ4n) is 2.29. The lowest BCUT2D eigenvalue weighted by atomic mass is 10.1. The van der Waals surface area contributed by atoms with Gasteiger partial charge in [0.05, 0.1) is 12.0 Å². The Morgan fingerprint density at radius 3 is 2.38 bits per heavy atom. The molecule has 1 heterocycles. The SMILES string of the molecule is O=C(NC(Nc1ccccc1F)C(=O)c1ccc(Cl)cc1)c1ccco1. The van der Waals surface area contributed by atoms with Gasteiger partial charge in [0.1, 0.15) is 5.82 Å². The fraction of sp³-hybridized carbons (Fsp3) is 0.0526. The average Bonchev–Trinajstić information content (AvgIpc) is 3.18. The molecular weight excluding hydrogens is 359 g/mol. The van der Waals surface area contributed by atoms with Crippen LogP contribution in [0.1, 0.15) is 20.9 Å². The maximum Gasteiger partial charge on any atom is 0.288 e. The molecule has 0 saturated heterocycles. The molecule has 1 aromatic heterocycles. The van der Waals surface area contributed by atoms with Crippen molar-refractivity contribution in [2.45, 2.75) is 6.17 Å². The second kappa shape index (κ2) is 7.84. The van der Waals surface area contributed by atoms with Crippen molar-refractivity contribution in [2.24, 2.45) is 0 Å². The van der Waals surface area contributed by atoms with Crippen LogP contribution in [0.25, 0.3) is 0 Å². The van der Waals surface area contributed by atoms with Crippen LogP contribution >= 0.6 is 11.6 Å². The number of rotatable bonds is 6. The summed E-state index contributed by atoms with van der Waals surface area (Å²) >= 11 is 5.84. The van der Waals surface area contributed by atoms with Gasteiger partial charge in [-0.1, -0.05) is 23.7 Å². The summed E-state index contributed by atoms with van der Waals surface area (Å²) < 4.78 is 19.0. The summed E-state index contributed by atoms with van der Waals surface area (Å²) in [6.45, 7) is 0. The van der Waals surface area contributed by atoms with E-state index < -0.39 is 23.7 Å². The molecule has 0 saturated carbocycles. The highest BCUT2D eigenvalue weighted by Gasteiger charge is 2.24. The summed E-state index contributed by atoms with van der Waals surface area (Å²) in [5.41, 5.74) is 0.391. The standard InChI is InChI=1S/C19H14ClFN2O3/c20-13-9-7-12(8-10-13)17(24)18(22-15-5-2-1-4-14(15)21)23-19(25)16-6-3-11-26-16/h1-11,18,22H,(H,23,25). The van der Waals surface area contributed by atoms with E-state index in [9.17, 15) is 14.0 Å². The number of furan rings is 1. The third-order valence-electron chi connectivity index (χ3n) is 3.59. The lowest BCUT2D eigenvalue weighted by Crippen LogP contribution is -2.46. The Balaban J connectivity index is 1.87. The summed E-state index contributed by atoms with van der Waals surface area (Å²) in [7, 11) is 0. The quantitative estimate of drug-likeness (QED) is 0.504. The number of Topliss-reactive ketones (excluding diaryl/α,β-unsaturated/α-hetero) is 1. The Morgan fingerprint density at radius 2 is 1.73 bits per heavy atom. The zero-order valence-electron chi connectivity index (χ0n) is 13.4. The van der Waals surface area contributed by atoms with Crippen LogP contribution in [0.3, 0.4) is 0 Å².